The Balaban J connectivity index is 1.20. The molecule has 2 fully saturated rings. The van der Waals surface area contributed by atoms with Crippen molar-refractivity contribution in [2.45, 2.75) is 20.0 Å². The average Bonchev–Trinajstić information content (AvgIpc) is 3.32. The van der Waals surface area contributed by atoms with Gasteiger partial charge in [-0.05, 0) is 47.9 Å². The van der Waals surface area contributed by atoms with Gasteiger partial charge in [0.15, 0.2) is 5.82 Å². The van der Waals surface area contributed by atoms with Crippen LogP contribution in [0.3, 0.4) is 0 Å². The molecule has 178 valence electrons. The highest BCUT2D eigenvalue weighted by Crippen LogP contribution is 2.35. The van der Waals surface area contributed by atoms with E-state index in [0.717, 1.165) is 88.4 Å². The van der Waals surface area contributed by atoms with Crippen LogP contribution in [0.15, 0.2) is 42.6 Å². The largest absolute Gasteiger partial charge is 0.483 e. The van der Waals surface area contributed by atoms with Crippen LogP contribution in [0.4, 0.5) is 5.69 Å². The van der Waals surface area contributed by atoms with E-state index in [4.69, 9.17) is 14.5 Å². The zero-order valence-corrected chi connectivity index (χ0v) is 19.9. The smallest absolute Gasteiger partial charge is 0.151 e. The lowest BCUT2D eigenvalue weighted by molar-refractivity contribution is 0.0383. The van der Waals surface area contributed by atoms with Crippen LogP contribution in [0, 0.1) is 6.92 Å². The Morgan fingerprint density at radius 3 is 2.50 bits per heavy atom. The van der Waals surface area contributed by atoms with E-state index in [1.807, 2.05) is 0 Å². The third kappa shape index (κ3) is 4.31. The standard InChI is InChI=1S/C27H33N5O2/c1-20-16-21(2-4-24(20)31-10-7-28-8-11-31)22-3-5-25-26(17-22)34-19-27-29-23(18-32(25)27)6-9-30-12-14-33-15-13-30/h2-5,16-18,28H,6-15,19H2,1H3. The molecule has 7 heteroatoms. The fourth-order valence-electron chi connectivity index (χ4n) is 5.25. The molecule has 0 saturated carbocycles. The number of hydrogen-bond acceptors (Lipinski definition) is 6. The molecule has 1 N–H and O–H groups in total. The van der Waals surface area contributed by atoms with E-state index < -0.39 is 0 Å². The molecule has 0 atom stereocenters. The van der Waals surface area contributed by atoms with Gasteiger partial charge in [0.2, 0.25) is 0 Å². The Labute approximate surface area is 201 Å². The number of imidazole rings is 1. The van der Waals surface area contributed by atoms with Gasteiger partial charge in [-0.1, -0.05) is 12.1 Å². The van der Waals surface area contributed by atoms with Gasteiger partial charge in [-0.3, -0.25) is 9.47 Å². The molecule has 6 rings (SSSR count). The van der Waals surface area contributed by atoms with Crippen LogP contribution in [0.1, 0.15) is 17.1 Å². The van der Waals surface area contributed by atoms with Crippen LogP contribution in [-0.2, 0) is 17.8 Å². The summed E-state index contributed by atoms with van der Waals surface area (Å²) in [6.45, 7) is 11.7. The first-order chi connectivity index (χ1) is 16.7. The monoisotopic (exact) mass is 459 g/mol. The second kappa shape index (κ2) is 9.41. The predicted octanol–water partition coefficient (Wildman–Crippen LogP) is 3.02. The van der Waals surface area contributed by atoms with Gasteiger partial charge in [-0.25, -0.2) is 4.98 Å². The summed E-state index contributed by atoms with van der Waals surface area (Å²) in [6, 6.07) is 13.3. The molecule has 0 spiro atoms. The predicted molar refractivity (Wildman–Crippen MR) is 134 cm³/mol. The molecule has 2 aromatic carbocycles. The van der Waals surface area contributed by atoms with Crippen molar-refractivity contribution in [3.8, 4) is 22.6 Å². The third-order valence-corrected chi connectivity index (χ3v) is 7.18. The molecule has 2 saturated heterocycles. The maximum absolute atomic E-state index is 6.14. The Bertz CT molecular complexity index is 1160. The van der Waals surface area contributed by atoms with Crippen molar-refractivity contribution in [2.75, 3.05) is 63.9 Å². The number of piperazine rings is 1. The van der Waals surface area contributed by atoms with E-state index in [1.165, 1.54) is 22.4 Å². The molecule has 3 aliphatic heterocycles. The van der Waals surface area contributed by atoms with Gasteiger partial charge in [0.05, 0.1) is 24.6 Å². The zero-order chi connectivity index (χ0) is 22.9. The number of aromatic nitrogens is 2. The van der Waals surface area contributed by atoms with Crippen LogP contribution in [0.2, 0.25) is 0 Å². The van der Waals surface area contributed by atoms with Crippen molar-refractivity contribution in [3.05, 3.63) is 59.7 Å². The summed E-state index contributed by atoms with van der Waals surface area (Å²) in [5.74, 6) is 1.90. The SMILES string of the molecule is Cc1cc(-c2ccc3c(c2)OCc2nc(CCN4CCOCC4)cn2-3)ccc1N1CCNCC1. The molecular formula is C27H33N5O2. The quantitative estimate of drug-likeness (QED) is 0.633. The van der Waals surface area contributed by atoms with Crippen molar-refractivity contribution in [1.82, 2.24) is 19.8 Å². The maximum Gasteiger partial charge on any atom is 0.151 e. The van der Waals surface area contributed by atoms with Crippen molar-refractivity contribution in [2.24, 2.45) is 0 Å². The van der Waals surface area contributed by atoms with Gasteiger partial charge >= 0.3 is 0 Å². The number of nitrogens with one attached hydrogen (secondary N) is 1. The van der Waals surface area contributed by atoms with Crippen LogP contribution >= 0.6 is 0 Å². The minimum absolute atomic E-state index is 0.509. The van der Waals surface area contributed by atoms with Crippen LogP contribution in [0.25, 0.3) is 16.8 Å². The number of fused-ring (bicyclic) bond motifs is 3. The van der Waals surface area contributed by atoms with Crippen LogP contribution in [-0.4, -0.2) is 73.5 Å². The summed E-state index contributed by atoms with van der Waals surface area (Å²) >= 11 is 0. The minimum Gasteiger partial charge on any atom is -0.483 e. The van der Waals surface area contributed by atoms with Crippen molar-refractivity contribution < 1.29 is 9.47 Å². The number of rotatable bonds is 5. The van der Waals surface area contributed by atoms with Gasteiger partial charge < -0.3 is 19.7 Å². The van der Waals surface area contributed by atoms with Gasteiger partial charge in [0.25, 0.3) is 0 Å². The van der Waals surface area contributed by atoms with Crippen molar-refractivity contribution >= 4 is 5.69 Å². The fraction of sp³-hybridized carbons (Fsp3) is 0.444. The lowest BCUT2D eigenvalue weighted by atomic mass is 10.0. The number of hydrogen-bond donors (Lipinski definition) is 1. The van der Waals surface area contributed by atoms with Crippen LogP contribution < -0.4 is 15.0 Å². The van der Waals surface area contributed by atoms with E-state index in [-0.39, 0.29) is 0 Å². The normalized spacial score (nSPS) is 18.3. The van der Waals surface area contributed by atoms with E-state index in [1.54, 1.807) is 0 Å². The lowest BCUT2D eigenvalue weighted by Gasteiger charge is -2.31. The highest BCUT2D eigenvalue weighted by atomic mass is 16.5. The third-order valence-electron chi connectivity index (χ3n) is 7.18. The highest BCUT2D eigenvalue weighted by Gasteiger charge is 2.21. The fourth-order valence-corrected chi connectivity index (χ4v) is 5.25. The highest BCUT2D eigenvalue weighted by molar-refractivity contribution is 5.72. The number of nitrogens with zero attached hydrogens (tertiary/aromatic N) is 4. The molecule has 0 radical (unpaired) electrons. The average molecular weight is 460 g/mol. The molecule has 7 nitrogen and oxygen atoms in total. The summed E-state index contributed by atoms with van der Waals surface area (Å²) in [5.41, 5.74) is 7.27. The summed E-state index contributed by atoms with van der Waals surface area (Å²) < 4.78 is 13.8. The van der Waals surface area contributed by atoms with Crippen molar-refractivity contribution in [1.29, 1.82) is 0 Å². The number of ether oxygens (including phenoxy) is 2. The Morgan fingerprint density at radius 2 is 1.71 bits per heavy atom. The first-order valence-corrected chi connectivity index (χ1v) is 12.5. The molecule has 3 aromatic rings. The number of morpholine rings is 1. The number of anilines is 1. The number of benzene rings is 2. The Kier molecular flexibility index (Phi) is 5.99. The Morgan fingerprint density at radius 1 is 0.941 bits per heavy atom. The zero-order valence-electron chi connectivity index (χ0n) is 19.9. The maximum atomic E-state index is 6.14. The topological polar surface area (TPSA) is 54.8 Å². The number of aryl methyl sites for hydroxylation is 1. The van der Waals surface area contributed by atoms with E-state index in [2.05, 4.69) is 69.2 Å². The second-order valence-electron chi connectivity index (χ2n) is 9.43. The van der Waals surface area contributed by atoms with E-state index in [9.17, 15) is 0 Å². The van der Waals surface area contributed by atoms with Crippen molar-refractivity contribution in [3.63, 3.8) is 0 Å². The van der Waals surface area contributed by atoms with E-state index >= 15 is 0 Å². The molecule has 0 aliphatic carbocycles. The van der Waals surface area contributed by atoms with Gasteiger partial charge in [-0.15, -0.1) is 0 Å². The summed E-state index contributed by atoms with van der Waals surface area (Å²) in [4.78, 5) is 9.78. The van der Waals surface area contributed by atoms with E-state index in [0.29, 0.717) is 6.61 Å². The first-order valence-electron chi connectivity index (χ1n) is 12.5. The Hall–Kier alpha value is -2.87. The molecule has 0 amide bonds. The molecule has 34 heavy (non-hydrogen) atoms. The molecule has 3 aliphatic rings. The molecule has 1 aromatic heterocycles. The minimum atomic E-state index is 0.509. The second-order valence-corrected chi connectivity index (χ2v) is 9.43. The molecular weight excluding hydrogens is 426 g/mol. The summed E-state index contributed by atoms with van der Waals surface area (Å²) in [6.07, 6.45) is 3.13. The summed E-state index contributed by atoms with van der Waals surface area (Å²) in [5, 5.41) is 3.43. The van der Waals surface area contributed by atoms with Gasteiger partial charge in [0.1, 0.15) is 12.4 Å². The van der Waals surface area contributed by atoms with Crippen LogP contribution in [0.5, 0.6) is 5.75 Å². The summed E-state index contributed by atoms with van der Waals surface area (Å²) in [7, 11) is 0. The van der Waals surface area contributed by atoms with Gasteiger partial charge in [0, 0.05) is 64.1 Å². The van der Waals surface area contributed by atoms with Gasteiger partial charge in [-0.2, -0.15) is 0 Å². The first kappa shape index (κ1) is 21.6. The molecule has 0 unspecified atom stereocenters. The molecule has 0 bridgehead atoms. The molecule has 4 heterocycles. The lowest BCUT2D eigenvalue weighted by Crippen LogP contribution is -2.43.